The summed E-state index contributed by atoms with van der Waals surface area (Å²) < 4.78 is 13.0. The average Bonchev–Trinajstić information content (AvgIpc) is 3.23. The summed E-state index contributed by atoms with van der Waals surface area (Å²) in [6.45, 7) is 9.59. The largest absolute Gasteiger partial charge is 0.464 e. The number of rotatable bonds is 10. The number of nitrogens with zero attached hydrogens (tertiary/aromatic N) is 3. The molecule has 2 heterocycles. The molecule has 0 bridgehead atoms. The molecule has 1 aliphatic rings. The monoisotopic (exact) mass is 569 g/mol. The van der Waals surface area contributed by atoms with Crippen LogP contribution in [0.4, 0.5) is 0 Å². The van der Waals surface area contributed by atoms with E-state index in [-0.39, 0.29) is 37.0 Å². The lowest BCUT2D eigenvalue weighted by Crippen LogP contribution is -2.33. The lowest BCUT2D eigenvalue weighted by Gasteiger charge is -2.24. The van der Waals surface area contributed by atoms with Crippen molar-refractivity contribution in [3.05, 3.63) is 99.8 Å². The number of aromatic nitrogens is 2. The van der Waals surface area contributed by atoms with Crippen molar-refractivity contribution in [2.24, 2.45) is 0 Å². The Kier molecular flexibility index (Phi) is 8.19. The highest BCUT2D eigenvalue weighted by Gasteiger charge is 2.44. The van der Waals surface area contributed by atoms with Crippen molar-refractivity contribution in [1.29, 1.82) is 0 Å². The van der Waals surface area contributed by atoms with E-state index < -0.39 is 20.1 Å². The van der Waals surface area contributed by atoms with Crippen LogP contribution in [0, 0.1) is 0 Å². The summed E-state index contributed by atoms with van der Waals surface area (Å²) in [6.07, 6.45) is 0. The molecule has 0 N–H and O–H groups in total. The Hall–Kier alpha value is -4.08. The summed E-state index contributed by atoms with van der Waals surface area (Å²) in [5.74, 6) is -0.835. The minimum Gasteiger partial charge on any atom is -0.464 e. The number of esters is 1. The van der Waals surface area contributed by atoms with Crippen LogP contribution in [0.25, 0.3) is 22.3 Å². The molecule has 0 spiro atoms. The number of ether oxygens (including phenoxy) is 2. The third-order valence-corrected chi connectivity index (χ3v) is 8.92. The highest BCUT2D eigenvalue weighted by molar-refractivity contribution is 6.76. The lowest BCUT2D eigenvalue weighted by atomic mass is 9.95. The number of carbonyl (C=O) groups excluding carboxylic acids is 2. The predicted octanol–water partition coefficient (Wildman–Crippen LogP) is 5.64. The van der Waals surface area contributed by atoms with Crippen molar-refractivity contribution in [3.63, 3.8) is 0 Å². The first-order chi connectivity index (χ1) is 19.7. The molecular formula is C32H35N3O5Si. The first kappa shape index (κ1) is 28.4. The second-order valence-electron chi connectivity index (χ2n) is 11.4. The van der Waals surface area contributed by atoms with Crippen molar-refractivity contribution in [3.8, 4) is 11.3 Å². The van der Waals surface area contributed by atoms with Gasteiger partial charge in [-0.25, -0.2) is 9.78 Å². The van der Waals surface area contributed by atoms with Crippen molar-refractivity contribution in [1.82, 2.24) is 14.5 Å². The van der Waals surface area contributed by atoms with E-state index in [2.05, 4.69) is 19.6 Å². The molecule has 9 heteroatoms. The van der Waals surface area contributed by atoms with Gasteiger partial charge in [0.05, 0.1) is 17.6 Å². The van der Waals surface area contributed by atoms with Crippen LogP contribution in [-0.2, 0) is 27.5 Å². The number of carbonyl (C=O) groups is 2. The van der Waals surface area contributed by atoms with Crippen molar-refractivity contribution in [2.45, 2.75) is 51.9 Å². The van der Waals surface area contributed by atoms with Gasteiger partial charge in [-0.3, -0.25) is 14.2 Å². The Morgan fingerprint density at radius 2 is 1.63 bits per heavy atom. The smallest absolute Gasteiger partial charge is 0.333 e. The van der Waals surface area contributed by atoms with Crippen LogP contribution >= 0.6 is 0 Å². The molecule has 1 aliphatic heterocycles. The number of benzene rings is 3. The zero-order valence-electron chi connectivity index (χ0n) is 23.9. The molecule has 3 aromatic carbocycles. The second-order valence-corrected chi connectivity index (χ2v) is 17.0. The molecule has 4 aromatic rings. The Bertz CT molecular complexity index is 1650. The molecule has 1 atom stereocenters. The lowest BCUT2D eigenvalue weighted by molar-refractivity contribution is -0.148. The quantitative estimate of drug-likeness (QED) is 0.140. The van der Waals surface area contributed by atoms with Gasteiger partial charge in [-0.15, -0.1) is 0 Å². The van der Waals surface area contributed by atoms with E-state index >= 15 is 0 Å². The Labute approximate surface area is 240 Å². The van der Waals surface area contributed by atoms with Crippen LogP contribution < -0.4 is 5.56 Å². The fourth-order valence-electron chi connectivity index (χ4n) is 5.12. The molecule has 41 heavy (non-hydrogen) atoms. The summed E-state index contributed by atoms with van der Waals surface area (Å²) in [6, 6.07) is 22.0. The summed E-state index contributed by atoms with van der Waals surface area (Å²) in [4.78, 5) is 47.5. The molecule has 212 valence electrons. The molecule has 0 fully saturated rings. The van der Waals surface area contributed by atoms with E-state index in [1.807, 2.05) is 54.6 Å². The van der Waals surface area contributed by atoms with Crippen LogP contribution in [0.3, 0.4) is 0 Å². The first-order valence-electron chi connectivity index (χ1n) is 13.9. The maximum absolute atomic E-state index is 14.0. The second kappa shape index (κ2) is 11.8. The molecule has 0 aliphatic carbocycles. The molecule has 0 saturated heterocycles. The van der Waals surface area contributed by atoms with E-state index in [1.54, 1.807) is 29.7 Å². The van der Waals surface area contributed by atoms with E-state index in [1.165, 1.54) is 4.90 Å². The maximum Gasteiger partial charge on any atom is 0.333 e. The third-order valence-electron chi connectivity index (χ3n) is 7.21. The summed E-state index contributed by atoms with van der Waals surface area (Å²) >= 11 is 0. The summed E-state index contributed by atoms with van der Waals surface area (Å²) in [5, 5.41) is 0. The van der Waals surface area contributed by atoms with Gasteiger partial charge in [0.15, 0.2) is 6.04 Å². The van der Waals surface area contributed by atoms with Crippen molar-refractivity contribution < 1.29 is 19.1 Å². The van der Waals surface area contributed by atoms with Gasteiger partial charge in [0.2, 0.25) is 0 Å². The van der Waals surface area contributed by atoms with Crippen LogP contribution in [0.15, 0.2) is 77.6 Å². The van der Waals surface area contributed by atoms with Crippen LogP contribution in [-0.4, -0.2) is 47.6 Å². The summed E-state index contributed by atoms with van der Waals surface area (Å²) in [7, 11) is -1.31. The fraction of sp³-hybridized carbons (Fsp3) is 0.312. The molecule has 5 rings (SSSR count). The standard InChI is InChI=1S/C32H35N3O5Si/c1-5-40-32(38)29-27-23(14-11-15-24(27)30(36)34(29)20-22-12-7-6-8-13-22)28-31(37)35(21-39-18-19-41(2,3)4)26-17-10-9-16-25(26)33-28/h6-17,29H,5,18-21H2,1-4H3. The van der Waals surface area contributed by atoms with Gasteiger partial charge in [0, 0.05) is 37.9 Å². The average molecular weight is 570 g/mol. The zero-order chi connectivity index (χ0) is 29.1. The molecule has 1 aromatic heterocycles. The van der Waals surface area contributed by atoms with Gasteiger partial charge in [-0.05, 0) is 36.7 Å². The molecule has 1 amide bonds. The van der Waals surface area contributed by atoms with Gasteiger partial charge in [-0.1, -0.05) is 74.2 Å². The molecule has 8 nitrogen and oxygen atoms in total. The minimum atomic E-state index is -1.31. The topological polar surface area (TPSA) is 90.7 Å². The molecule has 1 unspecified atom stereocenters. The number of hydrogen-bond acceptors (Lipinski definition) is 6. The first-order valence-corrected chi connectivity index (χ1v) is 17.6. The van der Waals surface area contributed by atoms with Gasteiger partial charge in [0.1, 0.15) is 12.4 Å². The number of para-hydroxylation sites is 2. The third kappa shape index (κ3) is 5.87. The maximum atomic E-state index is 14.0. The van der Waals surface area contributed by atoms with Crippen molar-refractivity contribution >= 4 is 31.0 Å². The minimum absolute atomic E-state index is 0.0781. The zero-order valence-corrected chi connectivity index (χ0v) is 24.9. The fourth-order valence-corrected chi connectivity index (χ4v) is 5.88. The van der Waals surface area contributed by atoms with E-state index in [9.17, 15) is 14.4 Å². The molecule has 0 radical (unpaired) electrons. The highest BCUT2D eigenvalue weighted by Crippen LogP contribution is 2.41. The number of amides is 1. The Morgan fingerprint density at radius 1 is 0.927 bits per heavy atom. The van der Waals surface area contributed by atoms with Gasteiger partial charge >= 0.3 is 5.97 Å². The summed E-state index contributed by atoms with van der Waals surface area (Å²) in [5.41, 5.74) is 3.22. The number of hydrogen-bond donors (Lipinski definition) is 0. The molecule has 0 saturated carbocycles. The van der Waals surface area contributed by atoms with Crippen LogP contribution in [0.2, 0.25) is 25.7 Å². The SMILES string of the molecule is CCOC(=O)C1c2c(cccc2-c2nc3ccccc3n(COCC[Si](C)(C)C)c2=O)C(=O)N1Cc1ccccc1. The Balaban J connectivity index is 1.63. The van der Waals surface area contributed by atoms with E-state index in [0.717, 1.165) is 11.6 Å². The van der Waals surface area contributed by atoms with E-state index in [4.69, 9.17) is 14.5 Å². The van der Waals surface area contributed by atoms with Gasteiger partial charge in [0.25, 0.3) is 11.5 Å². The van der Waals surface area contributed by atoms with Crippen LogP contribution in [0.1, 0.15) is 34.5 Å². The van der Waals surface area contributed by atoms with Crippen LogP contribution in [0.5, 0.6) is 0 Å². The van der Waals surface area contributed by atoms with E-state index in [0.29, 0.717) is 34.3 Å². The van der Waals surface area contributed by atoms with Gasteiger partial charge in [-0.2, -0.15) is 0 Å². The number of fused-ring (bicyclic) bond motifs is 2. The van der Waals surface area contributed by atoms with Crippen molar-refractivity contribution in [2.75, 3.05) is 13.2 Å². The normalized spacial score (nSPS) is 14.9. The van der Waals surface area contributed by atoms with Gasteiger partial charge < -0.3 is 14.4 Å². The highest BCUT2D eigenvalue weighted by atomic mass is 28.3. The predicted molar refractivity (Wildman–Crippen MR) is 161 cm³/mol. The molecular weight excluding hydrogens is 534 g/mol. The Morgan fingerprint density at radius 3 is 2.37 bits per heavy atom.